The Hall–Kier alpha value is -1.91. The minimum atomic E-state index is -0.416. The molecule has 2 rings (SSSR count). The predicted octanol–water partition coefficient (Wildman–Crippen LogP) is 4.37. The number of hydrogen-bond acceptors (Lipinski definition) is 3. The van der Waals surface area contributed by atoms with Crippen molar-refractivity contribution in [1.29, 1.82) is 0 Å². The zero-order chi connectivity index (χ0) is 18.2. The fourth-order valence-electron chi connectivity index (χ4n) is 3.08. The van der Waals surface area contributed by atoms with Crippen LogP contribution >= 0.6 is 0 Å². The maximum atomic E-state index is 12.6. The summed E-state index contributed by atoms with van der Waals surface area (Å²) in [7, 11) is 0. The molecule has 0 radical (unpaired) electrons. The van der Waals surface area contributed by atoms with Crippen molar-refractivity contribution >= 4 is 16.7 Å². The Labute approximate surface area is 150 Å². The highest BCUT2D eigenvalue weighted by Gasteiger charge is 2.28. The van der Waals surface area contributed by atoms with Gasteiger partial charge in [-0.05, 0) is 37.1 Å². The van der Waals surface area contributed by atoms with E-state index in [1.165, 1.54) is 10.8 Å². The van der Waals surface area contributed by atoms with E-state index < -0.39 is 6.29 Å². The molecule has 0 aliphatic heterocycles. The average molecular weight is 343 g/mol. The Balaban J connectivity index is 2.32. The molecule has 0 saturated heterocycles. The molecule has 0 aromatic heterocycles. The predicted molar refractivity (Wildman–Crippen MR) is 101 cm³/mol. The van der Waals surface area contributed by atoms with Gasteiger partial charge in [0, 0.05) is 26.2 Å². The standard InChI is InChI=1S/C21H29NO3/c1-5-20(23)22(16(4)21(24-6-2)25-7-3)15-18-13-10-12-17-11-8-9-14-19(17)18/h8-14,16,21H,5-7,15H2,1-4H3/t16-/m0/s1. The number of amides is 1. The first-order valence-corrected chi connectivity index (χ1v) is 9.11. The fraction of sp³-hybridized carbons (Fsp3) is 0.476. The van der Waals surface area contributed by atoms with Crippen LogP contribution in [0.2, 0.25) is 0 Å². The SMILES string of the molecule is CCOC(OCC)[C@H](C)N(Cc1cccc2ccccc12)C(=O)CC. The first kappa shape index (κ1) is 19.4. The molecule has 0 unspecified atom stereocenters. The van der Waals surface area contributed by atoms with Crippen LogP contribution in [-0.2, 0) is 20.8 Å². The summed E-state index contributed by atoms with van der Waals surface area (Å²) in [5.41, 5.74) is 1.14. The van der Waals surface area contributed by atoms with Gasteiger partial charge in [-0.1, -0.05) is 49.4 Å². The van der Waals surface area contributed by atoms with Crippen molar-refractivity contribution in [3.63, 3.8) is 0 Å². The zero-order valence-corrected chi connectivity index (χ0v) is 15.7. The summed E-state index contributed by atoms with van der Waals surface area (Å²) in [6.07, 6.45) is 0.0422. The van der Waals surface area contributed by atoms with E-state index in [-0.39, 0.29) is 11.9 Å². The van der Waals surface area contributed by atoms with E-state index in [4.69, 9.17) is 9.47 Å². The van der Waals surface area contributed by atoms with Gasteiger partial charge in [0.2, 0.25) is 5.91 Å². The number of hydrogen-bond donors (Lipinski definition) is 0. The van der Waals surface area contributed by atoms with Crippen molar-refractivity contribution in [3.05, 3.63) is 48.0 Å². The Morgan fingerprint density at radius 3 is 2.28 bits per heavy atom. The zero-order valence-electron chi connectivity index (χ0n) is 15.7. The van der Waals surface area contributed by atoms with Crippen molar-refractivity contribution in [3.8, 4) is 0 Å². The van der Waals surface area contributed by atoms with Crippen molar-refractivity contribution in [1.82, 2.24) is 4.90 Å². The molecule has 0 heterocycles. The van der Waals surface area contributed by atoms with Gasteiger partial charge < -0.3 is 14.4 Å². The number of nitrogens with zero attached hydrogens (tertiary/aromatic N) is 1. The number of rotatable bonds is 9. The first-order valence-electron chi connectivity index (χ1n) is 9.11. The van der Waals surface area contributed by atoms with Crippen LogP contribution in [0.15, 0.2) is 42.5 Å². The summed E-state index contributed by atoms with van der Waals surface area (Å²) in [5, 5.41) is 2.36. The van der Waals surface area contributed by atoms with Crippen LogP contribution in [-0.4, -0.2) is 36.4 Å². The number of benzene rings is 2. The van der Waals surface area contributed by atoms with E-state index in [1.54, 1.807) is 0 Å². The summed E-state index contributed by atoms with van der Waals surface area (Å²) >= 11 is 0. The summed E-state index contributed by atoms with van der Waals surface area (Å²) in [6.45, 7) is 9.42. The Kier molecular flexibility index (Phi) is 7.41. The van der Waals surface area contributed by atoms with E-state index in [0.29, 0.717) is 26.2 Å². The minimum Gasteiger partial charge on any atom is -0.351 e. The van der Waals surface area contributed by atoms with Gasteiger partial charge in [-0.2, -0.15) is 0 Å². The second-order valence-electron chi connectivity index (χ2n) is 6.03. The second-order valence-corrected chi connectivity index (χ2v) is 6.03. The maximum absolute atomic E-state index is 12.6. The third-order valence-corrected chi connectivity index (χ3v) is 4.39. The average Bonchev–Trinajstić information content (AvgIpc) is 2.65. The van der Waals surface area contributed by atoms with Gasteiger partial charge in [-0.25, -0.2) is 0 Å². The molecule has 25 heavy (non-hydrogen) atoms. The third-order valence-electron chi connectivity index (χ3n) is 4.39. The van der Waals surface area contributed by atoms with Gasteiger partial charge in [0.15, 0.2) is 6.29 Å². The van der Waals surface area contributed by atoms with Crippen LogP contribution in [0.1, 0.15) is 39.7 Å². The van der Waals surface area contributed by atoms with Gasteiger partial charge in [-0.15, -0.1) is 0 Å². The number of carbonyl (C=O) groups excluding carboxylic acids is 1. The molecule has 136 valence electrons. The third kappa shape index (κ3) is 4.80. The molecule has 1 atom stereocenters. The summed E-state index contributed by atoms with van der Waals surface area (Å²) in [5.74, 6) is 0.102. The molecule has 0 N–H and O–H groups in total. The van der Waals surface area contributed by atoms with Crippen LogP contribution in [0.25, 0.3) is 10.8 Å². The van der Waals surface area contributed by atoms with E-state index in [2.05, 4.69) is 24.3 Å². The van der Waals surface area contributed by atoms with E-state index in [0.717, 1.165) is 5.56 Å². The van der Waals surface area contributed by atoms with Crippen molar-refractivity contribution in [2.45, 2.75) is 53.0 Å². The fourth-order valence-corrected chi connectivity index (χ4v) is 3.08. The molecule has 0 fully saturated rings. The minimum absolute atomic E-state index is 0.102. The lowest BCUT2D eigenvalue weighted by Crippen LogP contribution is -2.46. The van der Waals surface area contributed by atoms with Crippen molar-refractivity contribution < 1.29 is 14.3 Å². The molecule has 0 aliphatic rings. The second kappa shape index (κ2) is 9.54. The number of ether oxygens (including phenoxy) is 2. The van der Waals surface area contributed by atoms with Crippen LogP contribution in [0.4, 0.5) is 0 Å². The number of carbonyl (C=O) groups is 1. The number of fused-ring (bicyclic) bond motifs is 1. The topological polar surface area (TPSA) is 38.8 Å². The summed E-state index contributed by atoms with van der Waals surface area (Å²) < 4.78 is 11.5. The Morgan fingerprint density at radius 2 is 1.64 bits per heavy atom. The monoisotopic (exact) mass is 343 g/mol. The molecule has 0 spiro atoms. The highest BCUT2D eigenvalue weighted by Crippen LogP contribution is 2.22. The Bertz CT molecular complexity index is 674. The van der Waals surface area contributed by atoms with Gasteiger partial charge in [0.05, 0.1) is 6.04 Å². The molecule has 2 aromatic rings. The molecule has 0 aliphatic carbocycles. The van der Waals surface area contributed by atoms with Crippen LogP contribution in [0, 0.1) is 0 Å². The van der Waals surface area contributed by atoms with Gasteiger partial charge in [0.25, 0.3) is 0 Å². The summed E-state index contributed by atoms with van der Waals surface area (Å²) in [6, 6.07) is 14.3. The lowest BCUT2D eigenvalue weighted by atomic mass is 10.0. The molecular weight excluding hydrogens is 314 g/mol. The largest absolute Gasteiger partial charge is 0.351 e. The molecule has 1 amide bonds. The van der Waals surface area contributed by atoms with E-state index in [9.17, 15) is 4.79 Å². The van der Waals surface area contributed by atoms with E-state index in [1.807, 2.05) is 50.8 Å². The molecule has 4 heteroatoms. The molecule has 2 aromatic carbocycles. The van der Waals surface area contributed by atoms with Gasteiger partial charge in [-0.3, -0.25) is 4.79 Å². The highest BCUT2D eigenvalue weighted by molar-refractivity contribution is 5.86. The lowest BCUT2D eigenvalue weighted by Gasteiger charge is -2.34. The normalized spacial score (nSPS) is 12.5. The Morgan fingerprint density at radius 1 is 1.00 bits per heavy atom. The van der Waals surface area contributed by atoms with Crippen molar-refractivity contribution in [2.24, 2.45) is 0 Å². The lowest BCUT2D eigenvalue weighted by molar-refractivity contribution is -0.178. The highest BCUT2D eigenvalue weighted by atomic mass is 16.7. The molecule has 0 saturated carbocycles. The van der Waals surface area contributed by atoms with Crippen LogP contribution in [0.3, 0.4) is 0 Å². The van der Waals surface area contributed by atoms with Gasteiger partial charge >= 0.3 is 0 Å². The molecule has 4 nitrogen and oxygen atoms in total. The van der Waals surface area contributed by atoms with Gasteiger partial charge in [0.1, 0.15) is 0 Å². The molecule has 0 bridgehead atoms. The molecular formula is C21H29NO3. The van der Waals surface area contributed by atoms with Crippen molar-refractivity contribution in [2.75, 3.05) is 13.2 Å². The quantitative estimate of drug-likeness (QED) is 0.635. The van der Waals surface area contributed by atoms with Crippen LogP contribution in [0.5, 0.6) is 0 Å². The van der Waals surface area contributed by atoms with Crippen LogP contribution < -0.4 is 0 Å². The smallest absolute Gasteiger partial charge is 0.223 e. The maximum Gasteiger partial charge on any atom is 0.223 e. The van der Waals surface area contributed by atoms with E-state index >= 15 is 0 Å². The first-order chi connectivity index (χ1) is 12.1. The summed E-state index contributed by atoms with van der Waals surface area (Å²) in [4.78, 5) is 14.5.